The van der Waals surface area contributed by atoms with Gasteiger partial charge >= 0.3 is 0 Å². The SMILES string of the molecule is CCCCNC(=O)C(C)N(Cc1c(Cl)cccc1Cl)C(=O)CN(c1ccc(Oc2ccccc2)cc1)S(C)(=O)=O. The van der Waals surface area contributed by atoms with Crippen molar-refractivity contribution in [1.29, 1.82) is 0 Å². The highest BCUT2D eigenvalue weighted by Crippen LogP contribution is 2.28. The van der Waals surface area contributed by atoms with Gasteiger partial charge in [0.15, 0.2) is 0 Å². The Labute approximate surface area is 245 Å². The predicted molar refractivity (Wildman–Crippen MR) is 160 cm³/mol. The van der Waals surface area contributed by atoms with Gasteiger partial charge in [-0.3, -0.25) is 13.9 Å². The van der Waals surface area contributed by atoms with Gasteiger partial charge < -0.3 is 15.0 Å². The Morgan fingerprint density at radius 1 is 0.925 bits per heavy atom. The van der Waals surface area contributed by atoms with Crippen LogP contribution in [-0.2, 0) is 26.2 Å². The molecule has 0 fully saturated rings. The van der Waals surface area contributed by atoms with Crippen LogP contribution in [0.3, 0.4) is 0 Å². The van der Waals surface area contributed by atoms with Crippen LogP contribution in [0.15, 0.2) is 72.8 Å². The summed E-state index contributed by atoms with van der Waals surface area (Å²) in [6.07, 6.45) is 2.70. The quantitative estimate of drug-likeness (QED) is 0.245. The van der Waals surface area contributed by atoms with Crippen molar-refractivity contribution in [2.75, 3.05) is 23.7 Å². The average molecular weight is 607 g/mol. The molecule has 3 rings (SSSR count). The summed E-state index contributed by atoms with van der Waals surface area (Å²) < 4.78 is 32.4. The van der Waals surface area contributed by atoms with Gasteiger partial charge in [-0.1, -0.05) is 60.8 Å². The summed E-state index contributed by atoms with van der Waals surface area (Å²) in [5.74, 6) is 0.176. The molecule has 0 bridgehead atoms. The van der Waals surface area contributed by atoms with Gasteiger partial charge in [0.05, 0.1) is 11.9 Å². The molecule has 0 saturated carbocycles. The van der Waals surface area contributed by atoms with E-state index in [0.717, 1.165) is 23.4 Å². The second kappa shape index (κ2) is 14.4. The number of nitrogens with one attached hydrogen (secondary N) is 1. The number of sulfonamides is 1. The molecule has 0 aliphatic rings. The van der Waals surface area contributed by atoms with Crippen LogP contribution in [0.1, 0.15) is 32.3 Å². The number of amides is 2. The van der Waals surface area contributed by atoms with Gasteiger partial charge in [0.25, 0.3) is 0 Å². The van der Waals surface area contributed by atoms with Crippen molar-refractivity contribution in [1.82, 2.24) is 10.2 Å². The van der Waals surface area contributed by atoms with Crippen LogP contribution >= 0.6 is 23.2 Å². The number of halogens is 2. The smallest absolute Gasteiger partial charge is 0.244 e. The van der Waals surface area contributed by atoms with Gasteiger partial charge in [-0.15, -0.1) is 0 Å². The molecule has 8 nitrogen and oxygen atoms in total. The number of rotatable bonds is 13. The topological polar surface area (TPSA) is 96.0 Å². The predicted octanol–water partition coefficient (Wildman–Crippen LogP) is 5.89. The summed E-state index contributed by atoms with van der Waals surface area (Å²) in [5, 5.41) is 3.49. The summed E-state index contributed by atoms with van der Waals surface area (Å²) in [7, 11) is -3.88. The maximum atomic E-state index is 13.7. The van der Waals surface area contributed by atoms with Crippen molar-refractivity contribution in [3.63, 3.8) is 0 Å². The number of carbonyl (C=O) groups excluding carboxylic acids is 2. The lowest BCUT2D eigenvalue weighted by Crippen LogP contribution is -2.51. The molecule has 0 saturated heterocycles. The van der Waals surface area contributed by atoms with E-state index in [0.29, 0.717) is 33.7 Å². The number of hydrogen-bond acceptors (Lipinski definition) is 5. The molecule has 1 unspecified atom stereocenters. The van der Waals surface area contributed by atoms with E-state index < -0.39 is 28.5 Å². The highest BCUT2D eigenvalue weighted by Gasteiger charge is 2.31. The van der Waals surface area contributed by atoms with Crippen LogP contribution < -0.4 is 14.4 Å². The number of benzene rings is 3. The van der Waals surface area contributed by atoms with Crippen LogP contribution in [0.2, 0.25) is 10.0 Å². The molecule has 3 aromatic carbocycles. The number of hydrogen-bond donors (Lipinski definition) is 1. The number of nitrogens with zero attached hydrogens (tertiary/aromatic N) is 2. The lowest BCUT2D eigenvalue weighted by Gasteiger charge is -2.32. The molecule has 1 N–H and O–H groups in total. The van der Waals surface area contributed by atoms with E-state index >= 15 is 0 Å². The Hall–Kier alpha value is -3.27. The Bertz CT molecular complexity index is 1380. The molecule has 11 heteroatoms. The third-order valence-electron chi connectivity index (χ3n) is 6.17. The number of anilines is 1. The van der Waals surface area contributed by atoms with Crippen molar-refractivity contribution in [3.8, 4) is 11.5 Å². The van der Waals surface area contributed by atoms with Crippen molar-refractivity contribution >= 4 is 50.7 Å². The van der Waals surface area contributed by atoms with Gasteiger partial charge in [-0.2, -0.15) is 0 Å². The minimum atomic E-state index is -3.88. The van der Waals surface area contributed by atoms with Crippen LogP contribution in [-0.4, -0.2) is 50.5 Å². The van der Waals surface area contributed by atoms with E-state index in [1.54, 1.807) is 61.5 Å². The van der Waals surface area contributed by atoms with E-state index in [9.17, 15) is 18.0 Å². The highest BCUT2D eigenvalue weighted by atomic mass is 35.5. The zero-order valence-corrected chi connectivity index (χ0v) is 25.0. The van der Waals surface area contributed by atoms with Crippen LogP contribution in [0.4, 0.5) is 5.69 Å². The minimum absolute atomic E-state index is 0.0822. The molecule has 214 valence electrons. The van der Waals surface area contributed by atoms with Crippen molar-refractivity contribution in [2.24, 2.45) is 0 Å². The summed E-state index contributed by atoms with van der Waals surface area (Å²) in [5.41, 5.74) is 0.729. The first-order valence-corrected chi connectivity index (χ1v) is 15.4. The van der Waals surface area contributed by atoms with E-state index in [1.807, 2.05) is 25.1 Å². The maximum absolute atomic E-state index is 13.7. The molecule has 0 aliphatic carbocycles. The fraction of sp³-hybridized carbons (Fsp3) is 0.310. The van der Waals surface area contributed by atoms with Crippen molar-refractivity contribution in [3.05, 3.63) is 88.4 Å². The first-order chi connectivity index (χ1) is 19.0. The number of para-hydroxylation sites is 1. The Morgan fingerprint density at radius 2 is 1.52 bits per heavy atom. The molecule has 0 spiro atoms. The van der Waals surface area contributed by atoms with Crippen molar-refractivity contribution < 1.29 is 22.7 Å². The highest BCUT2D eigenvalue weighted by molar-refractivity contribution is 7.92. The zero-order chi connectivity index (χ0) is 29.3. The first-order valence-electron chi connectivity index (χ1n) is 12.8. The summed E-state index contributed by atoms with van der Waals surface area (Å²) in [6, 6.07) is 19.5. The van der Waals surface area contributed by atoms with Crippen LogP contribution in [0.25, 0.3) is 0 Å². The number of carbonyl (C=O) groups is 2. The van der Waals surface area contributed by atoms with Crippen LogP contribution in [0, 0.1) is 0 Å². The van der Waals surface area contributed by atoms with E-state index in [4.69, 9.17) is 27.9 Å². The average Bonchev–Trinajstić information content (AvgIpc) is 2.92. The molecule has 0 aromatic heterocycles. The van der Waals surface area contributed by atoms with E-state index in [2.05, 4.69) is 5.32 Å². The molecule has 2 amide bonds. The summed E-state index contributed by atoms with van der Waals surface area (Å²) >= 11 is 12.7. The van der Waals surface area contributed by atoms with Gasteiger partial charge in [-0.25, -0.2) is 8.42 Å². The molecule has 40 heavy (non-hydrogen) atoms. The normalized spacial score (nSPS) is 11.9. The molecule has 0 radical (unpaired) electrons. The molecular formula is C29H33Cl2N3O5S. The zero-order valence-electron chi connectivity index (χ0n) is 22.6. The summed E-state index contributed by atoms with van der Waals surface area (Å²) in [6.45, 7) is 3.43. The van der Waals surface area contributed by atoms with Crippen LogP contribution in [0.5, 0.6) is 11.5 Å². The van der Waals surface area contributed by atoms with E-state index in [-0.39, 0.29) is 18.1 Å². The van der Waals surface area contributed by atoms with E-state index in [1.165, 1.54) is 4.90 Å². The largest absolute Gasteiger partial charge is 0.457 e. The second-order valence-electron chi connectivity index (χ2n) is 9.22. The second-order valence-corrected chi connectivity index (χ2v) is 11.9. The molecule has 0 aliphatic heterocycles. The van der Waals surface area contributed by atoms with Gasteiger partial charge in [0.2, 0.25) is 21.8 Å². The van der Waals surface area contributed by atoms with Gasteiger partial charge in [0.1, 0.15) is 24.1 Å². The van der Waals surface area contributed by atoms with Gasteiger partial charge in [0, 0.05) is 28.7 Å². The Kier molecular flexibility index (Phi) is 11.2. The van der Waals surface area contributed by atoms with Gasteiger partial charge in [-0.05, 0) is 61.9 Å². The Balaban J connectivity index is 1.88. The standard InChI is InChI=1S/C29H33Cl2N3O5S/c1-4-5-18-32-29(36)21(2)33(19-25-26(30)12-9-13-27(25)31)28(35)20-34(40(3,37)38)22-14-16-24(17-15-22)39-23-10-7-6-8-11-23/h6-17,21H,4-5,18-20H2,1-3H3,(H,32,36). The fourth-order valence-electron chi connectivity index (χ4n) is 3.89. The third kappa shape index (κ3) is 8.61. The minimum Gasteiger partial charge on any atom is -0.457 e. The third-order valence-corrected chi connectivity index (χ3v) is 8.02. The number of ether oxygens (including phenoxy) is 1. The van der Waals surface area contributed by atoms with Crippen molar-refractivity contribution in [2.45, 2.75) is 39.3 Å². The fourth-order valence-corrected chi connectivity index (χ4v) is 5.26. The lowest BCUT2D eigenvalue weighted by molar-refractivity contribution is -0.139. The molecule has 3 aromatic rings. The molecule has 1 atom stereocenters. The lowest BCUT2D eigenvalue weighted by atomic mass is 10.1. The monoisotopic (exact) mass is 605 g/mol. The number of unbranched alkanes of at least 4 members (excludes halogenated alkanes) is 1. The summed E-state index contributed by atoms with van der Waals surface area (Å²) in [4.78, 5) is 28.0. The Morgan fingerprint density at radius 3 is 2.10 bits per heavy atom. The molecular weight excluding hydrogens is 573 g/mol. The first kappa shape index (κ1) is 31.3. The molecule has 0 heterocycles. The maximum Gasteiger partial charge on any atom is 0.244 e.